The van der Waals surface area contributed by atoms with Crippen molar-refractivity contribution in [2.24, 2.45) is 10.9 Å². The molecule has 1 aromatic rings. The summed E-state index contributed by atoms with van der Waals surface area (Å²) in [5.41, 5.74) is 1.16. The average Bonchev–Trinajstić information content (AvgIpc) is 2.48. The van der Waals surface area contributed by atoms with Gasteiger partial charge in [-0.3, -0.25) is 0 Å². The Morgan fingerprint density at radius 3 is 2.64 bits per heavy atom. The standard InChI is InChI=1S/C17H29N3O.HI/c1-5-10-21-16-9-7-8-15(11-16)13-20-17(18-6-2)19-12-14(3)4;/h7-9,11,14H,5-6,10,12-13H2,1-4H3,(H2,18,19,20);1H. The predicted molar refractivity (Wildman–Crippen MR) is 105 cm³/mol. The highest BCUT2D eigenvalue weighted by Gasteiger charge is 2.00. The molecule has 0 bridgehead atoms. The van der Waals surface area contributed by atoms with E-state index in [0.717, 1.165) is 43.4 Å². The number of ether oxygens (including phenoxy) is 1. The molecule has 0 spiro atoms. The van der Waals surface area contributed by atoms with Gasteiger partial charge in [-0.1, -0.05) is 32.9 Å². The van der Waals surface area contributed by atoms with Crippen molar-refractivity contribution in [2.75, 3.05) is 19.7 Å². The topological polar surface area (TPSA) is 45.6 Å². The van der Waals surface area contributed by atoms with Crippen molar-refractivity contribution >= 4 is 29.9 Å². The molecular formula is C17H30IN3O. The van der Waals surface area contributed by atoms with Crippen molar-refractivity contribution in [1.82, 2.24) is 10.6 Å². The maximum atomic E-state index is 5.65. The van der Waals surface area contributed by atoms with Gasteiger partial charge in [0.2, 0.25) is 0 Å². The highest BCUT2D eigenvalue weighted by atomic mass is 127. The molecule has 0 amide bonds. The van der Waals surface area contributed by atoms with Gasteiger partial charge in [0, 0.05) is 13.1 Å². The molecule has 0 fully saturated rings. The van der Waals surface area contributed by atoms with Gasteiger partial charge < -0.3 is 15.4 Å². The summed E-state index contributed by atoms with van der Waals surface area (Å²) in [6.45, 7) is 11.7. The lowest BCUT2D eigenvalue weighted by molar-refractivity contribution is 0.317. The van der Waals surface area contributed by atoms with Crippen LogP contribution in [0.15, 0.2) is 29.3 Å². The Labute approximate surface area is 152 Å². The Hall–Kier alpha value is -0.980. The molecule has 22 heavy (non-hydrogen) atoms. The Kier molecular flexibility index (Phi) is 12.0. The van der Waals surface area contributed by atoms with Gasteiger partial charge in [0.25, 0.3) is 0 Å². The molecule has 0 aliphatic carbocycles. The number of rotatable bonds is 8. The van der Waals surface area contributed by atoms with Crippen LogP contribution in [0.5, 0.6) is 5.75 Å². The molecule has 0 unspecified atom stereocenters. The van der Waals surface area contributed by atoms with E-state index in [-0.39, 0.29) is 24.0 Å². The van der Waals surface area contributed by atoms with Crippen LogP contribution in [0, 0.1) is 5.92 Å². The van der Waals surface area contributed by atoms with Crippen LogP contribution in [0.4, 0.5) is 0 Å². The van der Waals surface area contributed by atoms with Crippen LogP contribution >= 0.6 is 24.0 Å². The Balaban J connectivity index is 0.00000441. The van der Waals surface area contributed by atoms with E-state index in [0.29, 0.717) is 12.5 Å². The van der Waals surface area contributed by atoms with E-state index >= 15 is 0 Å². The summed E-state index contributed by atoms with van der Waals surface area (Å²) >= 11 is 0. The van der Waals surface area contributed by atoms with Gasteiger partial charge in [0.15, 0.2) is 5.96 Å². The minimum absolute atomic E-state index is 0. The van der Waals surface area contributed by atoms with Crippen molar-refractivity contribution < 1.29 is 4.74 Å². The lowest BCUT2D eigenvalue weighted by atomic mass is 10.2. The van der Waals surface area contributed by atoms with Crippen molar-refractivity contribution in [3.8, 4) is 5.75 Å². The first-order chi connectivity index (χ1) is 10.2. The van der Waals surface area contributed by atoms with Gasteiger partial charge in [0.1, 0.15) is 5.75 Å². The van der Waals surface area contributed by atoms with Crippen LogP contribution in [-0.2, 0) is 6.54 Å². The maximum Gasteiger partial charge on any atom is 0.191 e. The zero-order valence-corrected chi connectivity index (χ0v) is 16.5. The number of nitrogens with zero attached hydrogens (tertiary/aromatic N) is 1. The SMILES string of the molecule is CCCOc1cccc(CN=C(NCC)NCC(C)C)c1.I. The summed E-state index contributed by atoms with van der Waals surface area (Å²) in [6, 6.07) is 8.15. The van der Waals surface area contributed by atoms with Crippen molar-refractivity contribution in [3.05, 3.63) is 29.8 Å². The Morgan fingerprint density at radius 1 is 1.23 bits per heavy atom. The van der Waals surface area contributed by atoms with E-state index in [9.17, 15) is 0 Å². The maximum absolute atomic E-state index is 5.65. The lowest BCUT2D eigenvalue weighted by Crippen LogP contribution is -2.39. The third-order valence-electron chi connectivity index (χ3n) is 2.81. The van der Waals surface area contributed by atoms with E-state index in [1.807, 2.05) is 12.1 Å². The fourth-order valence-corrected chi connectivity index (χ4v) is 1.77. The molecule has 126 valence electrons. The van der Waals surface area contributed by atoms with Crippen LogP contribution in [0.3, 0.4) is 0 Å². The van der Waals surface area contributed by atoms with Crippen LogP contribution in [-0.4, -0.2) is 25.7 Å². The molecule has 0 aliphatic heterocycles. The summed E-state index contributed by atoms with van der Waals surface area (Å²) in [5, 5.41) is 6.61. The molecule has 0 aromatic heterocycles. The quantitative estimate of drug-likeness (QED) is 0.383. The summed E-state index contributed by atoms with van der Waals surface area (Å²) in [6.07, 6.45) is 1.02. The van der Waals surface area contributed by atoms with Crippen LogP contribution in [0.25, 0.3) is 0 Å². The molecule has 0 radical (unpaired) electrons. The molecule has 4 nitrogen and oxygen atoms in total. The predicted octanol–water partition coefficient (Wildman–Crippen LogP) is 3.80. The highest BCUT2D eigenvalue weighted by molar-refractivity contribution is 14.0. The third-order valence-corrected chi connectivity index (χ3v) is 2.81. The van der Waals surface area contributed by atoms with E-state index in [1.165, 1.54) is 0 Å². The minimum atomic E-state index is 0. The molecule has 0 saturated heterocycles. The molecule has 0 saturated carbocycles. The molecule has 2 N–H and O–H groups in total. The number of nitrogens with one attached hydrogen (secondary N) is 2. The van der Waals surface area contributed by atoms with Crippen LogP contribution in [0.2, 0.25) is 0 Å². The van der Waals surface area contributed by atoms with E-state index in [1.54, 1.807) is 0 Å². The molecule has 0 heterocycles. The molecular weight excluding hydrogens is 389 g/mol. The monoisotopic (exact) mass is 419 g/mol. The number of benzene rings is 1. The fourth-order valence-electron chi connectivity index (χ4n) is 1.77. The first kappa shape index (κ1) is 21.0. The van der Waals surface area contributed by atoms with Gasteiger partial charge in [-0.2, -0.15) is 0 Å². The molecule has 5 heteroatoms. The Bertz CT molecular complexity index is 436. The number of halogens is 1. The minimum Gasteiger partial charge on any atom is -0.494 e. The molecule has 0 aliphatic rings. The second-order valence-electron chi connectivity index (χ2n) is 5.47. The van der Waals surface area contributed by atoms with E-state index in [4.69, 9.17) is 4.74 Å². The Morgan fingerprint density at radius 2 is 2.00 bits per heavy atom. The highest BCUT2D eigenvalue weighted by Crippen LogP contribution is 2.14. The molecule has 1 aromatic carbocycles. The third kappa shape index (κ3) is 9.12. The van der Waals surface area contributed by atoms with Gasteiger partial charge in [-0.15, -0.1) is 24.0 Å². The fraction of sp³-hybridized carbons (Fsp3) is 0.588. The number of hydrogen-bond acceptors (Lipinski definition) is 2. The number of aliphatic imine (C=N–C) groups is 1. The summed E-state index contributed by atoms with van der Waals surface area (Å²) in [5.74, 6) is 2.38. The normalized spacial score (nSPS) is 11.0. The van der Waals surface area contributed by atoms with Gasteiger partial charge >= 0.3 is 0 Å². The first-order valence-electron chi connectivity index (χ1n) is 7.89. The smallest absolute Gasteiger partial charge is 0.191 e. The second kappa shape index (κ2) is 12.6. The second-order valence-corrected chi connectivity index (χ2v) is 5.47. The van der Waals surface area contributed by atoms with Crippen molar-refractivity contribution in [2.45, 2.75) is 40.7 Å². The van der Waals surface area contributed by atoms with Gasteiger partial charge in [0.05, 0.1) is 13.2 Å². The van der Waals surface area contributed by atoms with Crippen LogP contribution in [0.1, 0.15) is 39.7 Å². The number of guanidine groups is 1. The van der Waals surface area contributed by atoms with E-state index < -0.39 is 0 Å². The summed E-state index contributed by atoms with van der Waals surface area (Å²) in [4.78, 5) is 4.62. The van der Waals surface area contributed by atoms with E-state index in [2.05, 4.69) is 55.5 Å². The molecule has 0 atom stereocenters. The lowest BCUT2D eigenvalue weighted by Gasteiger charge is -2.13. The van der Waals surface area contributed by atoms with Gasteiger partial charge in [-0.25, -0.2) is 4.99 Å². The van der Waals surface area contributed by atoms with Crippen molar-refractivity contribution in [1.29, 1.82) is 0 Å². The average molecular weight is 419 g/mol. The number of hydrogen-bond donors (Lipinski definition) is 2. The van der Waals surface area contributed by atoms with Gasteiger partial charge in [-0.05, 0) is 37.0 Å². The molecule has 1 rings (SSSR count). The largest absolute Gasteiger partial charge is 0.494 e. The van der Waals surface area contributed by atoms with Crippen molar-refractivity contribution in [3.63, 3.8) is 0 Å². The summed E-state index contributed by atoms with van der Waals surface area (Å²) < 4.78 is 5.65. The zero-order chi connectivity index (χ0) is 15.5. The summed E-state index contributed by atoms with van der Waals surface area (Å²) in [7, 11) is 0. The zero-order valence-electron chi connectivity index (χ0n) is 14.2. The van der Waals surface area contributed by atoms with Crippen LogP contribution < -0.4 is 15.4 Å². The first-order valence-corrected chi connectivity index (χ1v) is 7.89.